The number of nitrogens with zero attached hydrogens (tertiary/aromatic N) is 5. The van der Waals surface area contributed by atoms with Gasteiger partial charge in [0, 0.05) is 30.1 Å². The second-order valence-corrected chi connectivity index (χ2v) is 7.99. The van der Waals surface area contributed by atoms with Crippen LogP contribution in [0.2, 0.25) is 0 Å². The first-order chi connectivity index (χ1) is 12.8. The molecule has 0 unspecified atom stereocenters. The second-order valence-electron chi connectivity index (χ2n) is 7.99. The number of hydrogen-bond donors (Lipinski definition) is 1. The van der Waals surface area contributed by atoms with Gasteiger partial charge in [0.2, 0.25) is 11.8 Å². The third-order valence-corrected chi connectivity index (χ3v) is 4.78. The van der Waals surface area contributed by atoms with Crippen molar-refractivity contribution in [3.63, 3.8) is 0 Å². The number of nitrogens with one attached hydrogen (secondary N) is 1. The van der Waals surface area contributed by atoms with Gasteiger partial charge in [0.1, 0.15) is 0 Å². The molecular formula is C19H26N6O2. The summed E-state index contributed by atoms with van der Waals surface area (Å²) < 4.78 is 1.62. The van der Waals surface area contributed by atoms with Gasteiger partial charge in [-0.05, 0) is 48.4 Å². The number of amides is 2. The van der Waals surface area contributed by atoms with Gasteiger partial charge in [-0.2, -0.15) is 4.68 Å². The van der Waals surface area contributed by atoms with E-state index in [1.54, 1.807) is 4.68 Å². The summed E-state index contributed by atoms with van der Waals surface area (Å²) in [5, 5.41) is 14.5. The van der Waals surface area contributed by atoms with Crippen molar-refractivity contribution in [1.29, 1.82) is 0 Å². The SMILES string of the molecule is Cc1nnnn1-c1cccc(NC(=O)C2CCN(C(=O)C(C)(C)C)CC2)c1. The number of carbonyl (C=O) groups is 2. The molecule has 1 aliphatic rings. The lowest BCUT2D eigenvalue weighted by Gasteiger charge is -2.35. The van der Waals surface area contributed by atoms with Crippen molar-refractivity contribution in [2.45, 2.75) is 40.5 Å². The van der Waals surface area contributed by atoms with Crippen molar-refractivity contribution in [1.82, 2.24) is 25.1 Å². The Balaban J connectivity index is 1.61. The molecule has 0 atom stereocenters. The number of aryl methyl sites for hydroxylation is 1. The van der Waals surface area contributed by atoms with Crippen LogP contribution in [-0.4, -0.2) is 50.0 Å². The summed E-state index contributed by atoms with van der Waals surface area (Å²) >= 11 is 0. The van der Waals surface area contributed by atoms with E-state index in [9.17, 15) is 9.59 Å². The topological polar surface area (TPSA) is 93.0 Å². The maximum absolute atomic E-state index is 12.6. The molecule has 144 valence electrons. The van der Waals surface area contributed by atoms with E-state index in [0.29, 0.717) is 37.4 Å². The highest BCUT2D eigenvalue weighted by Gasteiger charge is 2.32. The Hall–Kier alpha value is -2.77. The predicted molar refractivity (Wildman–Crippen MR) is 101 cm³/mol. The number of anilines is 1. The molecule has 1 aromatic carbocycles. The van der Waals surface area contributed by atoms with Crippen molar-refractivity contribution in [2.24, 2.45) is 11.3 Å². The van der Waals surface area contributed by atoms with Crippen LogP contribution in [0, 0.1) is 18.3 Å². The lowest BCUT2D eigenvalue weighted by Crippen LogP contribution is -2.45. The minimum Gasteiger partial charge on any atom is -0.342 e. The van der Waals surface area contributed by atoms with Crippen LogP contribution in [0.5, 0.6) is 0 Å². The van der Waals surface area contributed by atoms with Gasteiger partial charge < -0.3 is 10.2 Å². The fourth-order valence-corrected chi connectivity index (χ4v) is 3.25. The molecule has 1 saturated heterocycles. The molecule has 0 bridgehead atoms. The fourth-order valence-electron chi connectivity index (χ4n) is 3.25. The standard InChI is InChI=1S/C19H26N6O2/c1-13-21-22-23-25(13)16-7-5-6-15(12-16)20-17(26)14-8-10-24(11-9-14)18(27)19(2,3)4/h5-7,12,14H,8-11H2,1-4H3,(H,20,26). The van der Waals surface area contributed by atoms with Crippen LogP contribution in [0.25, 0.3) is 5.69 Å². The first-order valence-electron chi connectivity index (χ1n) is 9.21. The normalized spacial score (nSPS) is 15.6. The molecule has 0 saturated carbocycles. The Labute approximate surface area is 158 Å². The average Bonchev–Trinajstić information content (AvgIpc) is 3.06. The first-order valence-corrected chi connectivity index (χ1v) is 9.21. The number of hydrogen-bond acceptors (Lipinski definition) is 5. The minimum atomic E-state index is -0.385. The van der Waals surface area contributed by atoms with E-state index in [0.717, 1.165) is 5.69 Å². The van der Waals surface area contributed by atoms with Crippen LogP contribution in [0.4, 0.5) is 5.69 Å². The van der Waals surface area contributed by atoms with Crippen molar-refractivity contribution in [3.8, 4) is 5.69 Å². The second kappa shape index (κ2) is 7.46. The molecule has 0 spiro atoms. The molecule has 1 aromatic heterocycles. The molecule has 2 heterocycles. The molecule has 0 radical (unpaired) electrons. The molecule has 2 aromatic rings. The highest BCUT2D eigenvalue weighted by molar-refractivity contribution is 5.93. The number of piperidine rings is 1. The predicted octanol–water partition coefficient (Wildman–Crippen LogP) is 2.19. The largest absolute Gasteiger partial charge is 0.342 e. The Bertz CT molecular complexity index is 831. The van der Waals surface area contributed by atoms with Gasteiger partial charge in [-0.25, -0.2) is 0 Å². The molecule has 1 fully saturated rings. The number of aromatic nitrogens is 4. The van der Waals surface area contributed by atoms with Gasteiger partial charge in [0.25, 0.3) is 0 Å². The lowest BCUT2D eigenvalue weighted by atomic mass is 9.90. The molecule has 8 heteroatoms. The van der Waals surface area contributed by atoms with E-state index in [-0.39, 0.29) is 23.1 Å². The molecule has 1 N–H and O–H groups in total. The minimum absolute atomic E-state index is 0.0107. The molecular weight excluding hydrogens is 344 g/mol. The van der Waals surface area contributed by atoms with Gasteiger partial charge in [0.15, 0.2) is 5.82 Å². The summed E-state index contributed by atoms with van der Waals surface area (Å²) in [6.45, 7) is 8.84. The van der Waals surface area contributed by atoms with Crippen LogP contribution < -0.4 is 5.32 Å². The number of tetrazole rings is 1. The zero-order valence-corrected chi connectivity index (χ0v) is 16.3. The third-order valence-electron chi connectivity index (χ3n) is 4.78. The number of likely N-dealkylation sites (tertiary alicyclic amines) is 1. The molecule has 3 rings (SSSR count). The number of rotatable bonds is 3. The average molecular weight is 370 g/mol. The van der Waals surface area contributed by atoms with Crippen LogP contribution in [-0.2, 0) is 9.59 Å². The van der Waals surface area contributed by atoms with E-state index in [4.69, 9.17) is 0 Å². The Kier molecular flexibility index (Phi) is 5.25. The van der Waals surface area contributed by atoms with Crippen LogP contribution >= 0.6 is 0 Å². The lowest BCUT2D eigenvalue weighted by molar-refractivity contribution is -0.142. The summed E-state index contributed by atoms with van der Waals surface area (Å²) in [5.74, 6) is 0.719. The van der Waals surface area contributed by atoms with Crippen molar-refractivity contribution >= 4 is 17.5 Å². The van der Waals surface area contributed by atoms with E-state index in [2.05, 4.69) is 20.8 Å². The maximum Gasteiger partial charge on any atom is 0.227 e. The van der Waals surface area contributed by atoms with Crippen molar-refractivity contribution in [2.75, 3.05) is 18.4 Å². The Morgan fingerprint density at radius 3 is 2.48 bits per heavy atom. The molecule has 8 nitrogen and oxygen atoms in total. The van der Waals surface area contributed by atoms with Gasteiger partial charge in [0.05, 0.1) is 5.69 Å². The van der Waals surface area contributed by atoms with Crippen LogP contribution in [0.15, 0.2) is 24.3 Å². The summed E-state index contributed by atoms with van der Waals surface area (Å²) in [7, 11) is 0. The molecule has 0 aliphatic carbocycles. The van der Waals surface area contributed by atoms with E-state index < -0.39 is 0 Å². The highest BCUT2D eigenvalue weighted by Crippen LogP contribution is 2.25. The van der Waals surface area contributed by atoms with Gasteiger partial charge >= 0.3 is 0 Å². The summed E-state index contributed by atoms with van der Waals surface area (Å²) in [6, 6.07) is 7.44. The smallest absolute Gasteiger partial charge is 0.227 e. The van der Waals surface area contributed by atoms with E-state index >= 15 is 0 Å². The summed E-state index contributed by atoms with van der Waals surface area (Å²) in [5.41, 5.74) is 1.12. The van der Waals surface area contributed by atoms with E-state index in [1.807, 2.05) is 56.9 Å². The fraction of sp³-hybridized carbons (Fsp3) is 0.526. The Morgan fingerprint density at radius 2 is 1.89 bits per heavy atom. The highest BCUT2D eigenvalue weighted by atomic mass is 16.2. The van der Waals surface area contributed by atoms with E-state index in [1.165, 1.54) is 0 Å². The van der Waals surface area contributed by atoms with Crippen molar-refractivity contribution < 1.29 is 9.59 Å². The third kappa shape index (κ3) is 4.32. The van der Waals surface area contributed by atoms with Gasteiger partial charge in [-0.3, -0.25) is 9.59 Å². The summed E-state index contributed by atoms with van der Waals surface area (Å²) in [6.07, 6.45) is 1.36. The molecule has 27 heavy (non-hydrogen) atoms. The Morgan fingerprint density at radius 1 is 1.19 bits per heavy atom. The van der Waals surface area contributed by atoms with Gasteiger partial charge in [-0.15, -0.1) is 5.10 Å². The number of benzene rings is 1. The van der Waals surface area contributed by atoms with Crippen molar-refractivity contribution in [3.05, 3.63) is 30.1 Å². The zero-order valence-electron chi connectivity index (χ0n) is 16.3. The number of carbonyl (C=O) groups excluding carboxylic acids is 2. The first kappa shape index (κ1) is 19.0. The molecule has 2 amide bonds. The quantitative estimate of drug-likeness (QED) is 0.894. The van der Waals surface area contributed by atoms with Gasteiger partial charge in [-0.1, -0.05) is 26.8 Å². The monoisotopic (exact) mass is 370 g/mol. The zero-order chi connectivity index (χ0) is 19.6. The summed E-state index contributed by atoms with van der Waals surface area (Å²) in [4.78, 5) is 26.9. The molecule has 1 aliphatic heterocycles. The van der Waals surface area contributed by atoms with Crippen LogP contribution in [0.3, 0.4) is 0 Å². The van der Waals surface area contributed by atoms with Crippen LogP contribution in [0.1, 0.15) is 39.4 Å². The maximum atomic E-state index is 12.6.